The molecule has 32 heavy (non-hydrogen) atoms. The van der Waals surface area contributed by atoms with E-state index in [-0.39, 0.29) is 24.2 Å². The van der Waals surface area contributed by atoms with E-state index in [0.717, 1.165) is 16.9 Å². The lowest BCUT2D eigenvalue weighted by atomic mass is 9.95. The average Bonchev–Trinajstić information content (AvgIpc) is 3.48. The summed E-state index contributed by atoms with van der Waals surface area (Å²) in [5.74, 6) is 0.0768. The van der Waals surface area contributed by atoms with Crippen molar-refractivity contribution < 1.29 is 33.2 Å². The molecule has 0 amide bonds. The van der Waals surface area contributed by atoms with Gasteiger partial charge >= 0.3 is 0 Å². The Labute approximate surface area is 188 Å². The van der Waals surface area contributed by atoms with Crippen LogP contribution in [0.25, 0.3) is 0 Å². The zero-order valence-corrected chi connectivity index (χ0v) is 18.6. The zero-order chi connectivity index (χ0) is 22.1. The van der Waals surface area contributed by atoms with Crippen molar-refractivity contribution in [1.82, 2.24) is 0 Å². The minimum atomic E-state index is -0.684. The molecule has 0 spiro atoms. The Morgan fingerprint density at radius 2 is 1.72 bits per heavy atom. The van der Waals surface area contributed by atoms with Gasteiger partial charge in [-0.1, -0.05) is 42.5 Å². The fourth-order valence-corrected chi connectivity index (χ4v) is 4.56. The summed E-state index contributed by atoms with van der Waals surface area (Å²) in [7, 11) is 1.65. The molecule has 0 aromatic heterocycles. The summed E-state index contributed by atoms with van der Waals surface area (Å²) in [5, 5.41) is 0. The van der Waals surface area contributed by atoms with Gasteiger partial charge in [0, 0.05) is 11.5 Å². The Morgan fingerprint density at radius 1 is 0.938 bits per heavy atom. The van der Waals surface area contributed by atoms with Gasteiger partial charge in [-0.2, -0.15) is 0 Å². The first-order valence-electron chi connectivity index (χ1n) is 11.1. The molecule has 7 nitrogen and oxygen atoms in total. The third-order valence-electron chi connectivity index (χ3n) is 6.11. The van der Waals surface area contributed by atoms with Crippen molar-refractivity contribution in [2.45, 2.75) is 57.1 Å². The van der Waals surface area contributed by atoms with Crippen LogP contribution in [0.15, 0.2) is 54.6 Å². The first kappa shape index (κ1) is 21.8. The lowest BCUT2D eigenvalue weighted by Gasteiger charge is -2.28. The summed E-state index contributed by atoms with van der Waals surface area (Å²) < 4.78 is 42.0. The SMILES string of the molecule is COc1ccc(C2OCC([C@@H]3O[C@@H]4OC(C)(C)O[C@@H]4[C@@H]3COCc3ccccc3)O2)cc1. The molecule has 3 heterocycles. The average molecular weight is 443 g/mol. The Morgan fingerprint density at radius 3 is 2.47 bits per heavy atom. The number of rotatable bonds is 7. The highest BCUT2D eigenvalue weighted by atomic mass is 16.8. The van der Waals surface area contributed by atoms with E-state index in [9.17, 15) is 0 Å². The molecule has 0 N–H and O–H groups in total. The Hall–Kier alpha value is -2.00. The first-order valence-corrected chi connectivity index (χ1v) is 11.1. The molecule has 0 aliphatic carbocycles. The van der Waals surface area contributed by atoms with Gasteiger partial charge in [0.15, 0.2) is 18.4 Å². The summed E-state index contributed by atoms with van der Waals surface area (Å²) in [4.78, 5) is 0. The standard InChI is InChI=1S/C25H30O7/c1-25(2)31-22-19(14-27-13-16-7-5-4-6-8-16)21(30-24(22)32-25)20-15-28-23(29-20)17-9-11-18(26-3)12-10-17/h4-12,19-24H,13-15H2,1-3H3/t19-,20?,21-,22-,23?,24-/m1/s1. The lowest BCUT2D eigenvalue weighted by molar-refractivity contribution is -0.224. The molecule has 2 unspecified atom stereocenters. The number of methoxy groups -OCH3 is 1. The summed E-state index contributed by atoms with van der Waals surface area (Å²) in [6.45, 7) is 5.25. The summed E-state index contributed by atoms with van der Waals surface area (Å²) in [5.41, 5.74) is 2.07. The van der Waals surface area contributed by atoms with E-state index in [2.05, 4.69) is 12.1 Å². The number of benzene rings is 2. The van der Waals surface area contributed by atoms with Gasteiger partial charge in [0.05, 0.1) is 33.0 Å². The summed E-state index contributed by atoms with van der Waals surface area (Å²) in [6, 6.07) is 17.8. The molecule has 7 heteroatoms. The van der Waals surface area contributed by atoms with E-state index in [4.69, 9.17) is 33.2 Å². The highest BCUT2D eigenvalue weighted by Crippen LogP contribution is 2.44. The molecule has 6 atom stereocenters. The van der Waals surface area contributed by atoms with Crippen LogP contribution in [0, 0.1) is 5.92 Å². The van der Waals surface area contributed by atoms with Crippen molar-refractivity contribution in [3.8, 4) is 5.75 Å². The van der Waals surface area contributed by atoms with Gasteiger partial charge < -0.3 is 33.2 Å². The highest BCUT2D eigenvalue weighted by molar-refractivity contribution is 5.28. The molecule has 5 rings (SSSR count). The fourth-order valence-electron chi connectivity index (χ4n) is 4.56. The third kappa shape index (κ3) is 4.55. The number of ether oxygens (including phenoxy) is 7. The highest BCUT2D eigenvalue weighted by Gasteiger charge is 2.57. The molecule has 3 aliphatic heterocycles. The molecule has 0 bridgehead atoms. The minimum absolute atomic E-state index is 0.0336. The largest absolute Gasteiger partial charge is 0.497 e. The monoisotopic (exact) mass is 442 g/mol. The van der Waals surface area contributed by atoms with Crippen LogP contribution in [0.4, 0.5) is 0 Å². The van der Waals surface area contributed by atoms with E-state index >= 15 is 0 Å². The topological polar surface area (TPSA) is 64.6 Å². The van der Waals surface area contributed by atoms with Crippen LogP contribution in [0.1, 0.15) is 31.3 Å². The molecule has 0 saturated carbocycles. The Kier molecular flexibility index (Phi) is 6.20. The van der Waals surface area contributed by atoms with Gasteiger partial charge in [0.25, 0.3) is 0 Å². The van der Waals surface area contributed by atoms with Gasteiger partial charge in [-0.15, -0.1) is 0 Å². The number of fused-ring (bicyclic) bond motifs is 1. The maximum absolute atomic E-state index is 6.29. The maximum atomic E-state index is 6.29. The second-order valence-corrected chi connectivity index (χ2v) is 8.85. The molecule has 3 fully saturated rings. The van der Waals surface area contributed by atoms with Crippen molar-refractivity contribution in [2.75, 3.05) is 20.3 Å². The van der Waals surface area contributed by atoms with Crippen LogP contribution in [0.3, 0.4) is 0 Å². The predicted octanol–water partition coefficient (Wildman–Crippen LogP) is 3.82. The number of hydrogen-bond acceptors (Lipinski definition) is 7. The quantitative estimate of drug-likeness (QED) is 0.646. The van der Waals surface area contributed by atoms with Crippen LogP contribution < -0.4 is 4.74 Å². The van der Waals surface area contributed by atoms with Crippen molar-refractivity contribution in [3.63, 3.8) is 0 Å². The molecular formula is C25H30O7. The Bertz CT molecular complexity index is 885. The van der Waals surface area contributed by atoms with Crippen LogP contribution in [0.5, 0.6) is 5.75 Å². The molecule has 3 saturated heterocycles. The van der Waals surface area contributed by atoms with E-state index in [1.165, 1.54) is 0 Å². The molecule has 2 aromatic rings. The van der Waals surface area contributed by atoms with Crippen LogP contribution >= 0.6 is 0 Å². The predicted molar refractivity (Wildman–Crippen MR) is 115 cm³/mol. The van der Waals surface area contributed by atoms with Crippen LogP contribution in [0.2, 0.25) is 0 Å². The second kappa shape index (κ2) is 9.09. The van der Waals surface area contributed by atoms with Crippen molar-refractivity contribution in [2.24, 2.45) is 5.92 Å². The van der Waals surface area contributed by atoms with Crippen LogP contribution in [-0.4, -0.2) is 50.7 Å². The van der Waals surface area contributed by atoms with E-state index in [1.807, 2.05) is 56.3 Å². The normalized spacial score (nSPS) is 33.3. The van der Waals surface area contributed by atoms with Crippen molar-refractivity contribution in [3.05, 3.63) is 65.7 Å². The lowest BCUT2D eigenvalue weighted by Crippen LogP contribution is -2.40. The minimum Gasteiger partial charge on any atom is -0.497 e. The number of hydrogen-bond donors (Lipinski definition) is 0. The van der Waals surface area contributed by atoms with E-state index in [1.54, 1.807) is 7.11 Å². The van der Waals surface area contributed by atoms with Gasteiger partial charge in [-0.3, -0.25) is 0 Å². The molecule has 2 aromatic carbocycles. The second-order valence-electron chi connectivity index (χ2n) is 8.85. The zero-order valence-electron chi connectivity index (χ0n) is 18.6. The van der Waals surface area contributed by atoms with Crippen LogP contribution in [-0.2, 0) is 35.0 Å². The smallest absolute Gasteiger partial charge is 0.188 e. The summed E-state index contributed by atoms with van der Waals surface area (Å²) >= 11 is 0. The van der Waals surface area contributed by atoms with Gasteiger partial charge in [0.2, 0.25) is 0 Å². The molecule has 3 aliphatic rings. The fraction of sp³-hybridized carbons (Fsp3) is 0.520. The van der Waals surface area contributed by atoms with E-state index in [0.29, 0.717) is 19.8 Å². The molecule has 172 valence electrons. The van der Waals surface area contributed by atoms with Gasteiger partial charge in [-0.25, -0.2) is 0 Å². The third-order valence-corrected chi connectivity index (χ3v) is 6.11. The molecule has 0 radical (unpaired) electrons. The van der Waals surface area contributed by atoms with Crippen molar-refractivity contribution >= 4 is 0 Å². The first-order chi connectivity index (χ1) is 15.5. The molecular weight excluding hydrogens is 412 g/mol. The summed E-state index contributed by atoms with van der Waals surface area (Å²) in [6.07, 6.45) is -1.59. The van der Waals surface area contributed by atoms with Gasteiger partial charge in [-0.05, 0) is 31.5 Å². The van der Waals surface area contributed by atoms with Gasteiger partial charge in [0.1, 0.15) is 18.0 Å². The maximum Gasteiger partial charge on any atom is 0.188 e. The Balaban J connectivity index is 1.26. The van der Waals surface area contributed by atoms with Crippen molar-refractivity contribution in [1.29, 1.82) is 0 Å². The van der Waals surface area contributed by atoms with E-state index < -0.39 is 18.4 Å².